The Labute approximate surface area is 114 Å². The van der Waals surface area contributed by atoms with Crippen LogP contribution in [0.4, 0.5) is 0 Å². The summed E-state index contributed by atoms with van der Waals surface area (Å²) in [7, 11) is 0. The SMILES string of the molecule is N#CCC(=O)NCc1ccc(C2CCCCC2)cc1. The van der Waals surface area contributed by atoms with Crippen molar-refractivity contribution in [2.75, 3.05) is 0 Å². The zero-order chi connectivity index (χ0) is 13.5. The Morgan fingerprint density at radius 2 is 1.89 bits per heavy atom. The number of carbonyl (C=O) groups excluding carboxylic acids is 1. The van der Waals surface area contributed by atoms with Crippen molar-refractivity contribution in [3.05, 3.63) is 35.4 Å². The van der Waals surface area contributed by atoms with Gasteiger partial charge in [0.2, 0.25) is 5.91 Å². The van der Waals surface area contributed by atoms with Crippen molar-refractivity contribution in [1.29, 1.82) is 5.26 Å². The van der Waals surface area contributed by atoms with E-state index in [2.05, 4.69) is 29.6 Å². The van der Waals surface area contributed by atoms with Crippen LogP contribution in [-0.4, -0.2) is 5.91 Å². The molecule has 0 radical (unpaired) electrons. The summed E-state index contributed by atoms with van der Waals surface area (Å²) in [6.45, 7) is 0.505. The summed E-state index contributed by atoms with van der Waals surface area (Å²) in [5.41, 5.74) is 2.51. The van der Waals surface area contributed by atoms with Crippen LogP contribution in [0.2, 0.25) is 0 Å². The molecule has 1 N–H and O–H groups in total. The fraction of sp³-hybridized carbons (Fsp3) is 0.500. The average molecular weight is 256 g/mol. The molecule has 100 valence electrons. The molecule has 1 aromatic rings. The summed E-state index contributed by atoms with van der Waals surface area (Å²) in [5.74, 6) is 0.509. The molecule has 3 heteroatoms. The molecule has 0 spiro atoms. The predicted molar refractivity (Wildman–Crippen MR) is 74.3 cm³/mol. The van der Waals surface area contributed by atoms with Gasteiger partial charge in [0, 0.05) is 6.54 Å². The van der Waals surface area contributed by atoms with Gasteiger partial charge in [0.15, 0.2) is 0 Å². The third kappa shape index (κ3) is 4.10. The molecule has 0 atom stereocenters. The molecule has 1 aromatic carbocycles. The first kappa shape index (κ1) is 13.6. The smallest absolute Gasteiger partial charge is 0.234 e. The molecule has 1 saturated carbocycles. The fourth-order valence-electron chi connectivity index (χ4n) is 2.68. The molecule has 0 aliphatic heterocycles. The monoisotopic (exact) mass is 256 g/mol. The minimum atomic E-state index is -0.209. The van der Waals surface area contributed by atoms with Crippen LogP contribution in [0, 0.1) is 11.3 Å². The second kappa shape index (κ2) is 6.94. The maximum atomic E-state index is 11.2. The minimum Gasteiger partial charge on any atom is -0.351 e. The fourth-order valence-corrected chi connectivity index (χ4v) is 2.68. The van der Waals surface area contributed by atoms with E-state index < -0.39 is 0 Å². The lowest BCUT2D eigenvalue weighted by molar-refractivity contribution is -0.120. The molecule has 1 amide bonds. The van der Waals surface area contributed by atoms with E-state index in [0.717, 1.165) is 11.5 Å². The number of nitrogens with one attached hydrogen (secondary N) is 1. The quantitative estimate of drug-likeness (QED) is 0.899. The van der Waals surface area contributed by atoms with Gasteiger partial charge >= 0.3 is 0 Å². The topological polar surface area (TPSA) is 52.9 Å². The van der Waals surface area contributed by atoms with E-state index in [-0.39, 0.29) is 12.3 Å². The molecular weight excluding hydrogens is 236 g/mol. The van der Waals surface area contributed by atoms with Gasteiger partial charge in [-0.15, -0.1) is 0 Å². The van der Waals surface area contributed by atoms with E-state index in [0.29, 0.717) is 6.54 Å². The molecule has 1 fully saturated rings. The largest absolute Gasteiger partial charge is 0.351 e. The summed E-state index contributed by atoms with van der Waals surface area (Å²) in [6, 6.07) is 10.4. The molecule has 1 aliphatic rings. The van der Waals surface area contributed by atoms with Crippen LogP contribution < -0.4 is 5.32 Å². The highest BCUT2D eigenvalue weighted by molar-refractivity contribution is 5.77. The number of benzene rings is 1. The Morgan fingerprint density at radius 3 is 2.53 bits per heavy atom. The van der Waals surface area contributed by atoms with Gasteiger partial charge in [-0.05, 0) is 29.9 Å². The van der Waals surface area contributed by atoms with Gasteiger partial charge in [-0.25, -0.2) is 0 Å². The Balaban J connectivity index is 1.87. The van der Waals surface area contributed by atoms with Crippen LogP contribution in [0.15, 0.2) is 24.3 Å². The minimum absolute atomic E-state index is 0.0693. The third-order valence-electron chi connectivity index (χ3n) is 3.79. The number of amides is 1. The highest BCUT2D eigenvalue weighted by Crippen LogP contribution is 2.32. The van der Waals surface area contributed by atoms with E-state index in [9.17, 15) is 4.79 Å². The van der Waals surface area contributed by atoms with Gasteiger partial charge in [-0.3, -0.25) is 4.79 Å². The van der Waals surface area contributed by atoms with Crippen LogP contribution in [0.25, 0.3) is 0 Å². The molecule has 0 bridgehead atoms. The lowest BCUT2D eigenvalue weighted by Gasteiger charge is -2.22. The van der Waals surface area contributed by atoms with Crippen molar-refractivity contribution in [2.24, 2.45) is 0 Å². The summed E-state index contributed by atoms with van der Waals surface area (Å²) in [4.78, 5) is 11.2. The summed E-state index contributed by atoms with van der Waals surface area (Å²) < 4.78 is 0. The van der Waals surface area contributed by atoms with Crippen molar-refractivity contribution in [1.82, 2.24) is 5.32 Å². The van der Waals surface area contributed by atoms with Crippen LogP contribution in [0.1, 0.15) is 55.6 Å². The second-order valence-electron chi connectivity index (χ2n) is 5.19. The Hall–Kier alpha value is -1.82. The number of nitriles is 1. The van der Waals surface area contributed by atoms with Gasteiger partial charge in [-0.2, -0.15) is 5.26 Å². The molecule has 0 unspecified atom stereocenters. The molecule has 1 aliphatic carbocycles. The summed E-state index contributed by atoms with van der Waals surface area (Å²) in [6.07, 6.45) is 6.60. The van der Waals surface area contributed by atoms with Crippen molar-refractivity contribution in [3.63, 3.8) is 0 Å². The van der Waals surface area contributed by atoms with Gasteiger partial charge in [0.1, 0.15) is 6.42 Å². The standard InChI is InChI=1S/C16H20N2O/c17-11-10-16(19)18-12-13-6-8-15(9-7-13)14-4-2-1-3-5-14/h6-9,14H,1-5,10,12H2,(H,18,19). The zero-order valence-corrected chi connectivity index (χ0v) is 11.2. The highest BCUT2D eigenvalue weighted by Gasteiger charge is 2.14. The molecule has 19 heavy (non-hydrogen) atoms. The number of rotatable bonds is 4. The van der Waals surface area contributed by atoms with Crippen LogP contribution in [0.3, 0.4) is 0 Å². The third-order valence-corrected chi connectivity index (χ3v) is 3.79. The van der Waals surface area contributed by atoms with Crippen LogP contribution >= 0.6 is 0 Å². The number of hydrogen-bond acceptors (Lipinski definition) is 2. The predicted octanol–water partition coefficient (Wildman–Crippen LogP) is 3.26. The first-order chi connectivity index (χ1) is 9.29. The summed E-state index contributed by atoms with van der Waals surface area (Å²) in [5, 5.41) is 11.1. The maximum Gasteiger partial charge on any atom is 0.234 e. The van der Waals surface area contributed by atoms with E-state index in [4.69, 9.17) is 5.26 Å². The lowest BCUT2D eigenvalue weighted by atomic mass is 9.84. The van der Waals surface area contributed by atoms with Gasteiger partial charge in [0.25, 0.3) is 0 Å². The second-order valence-corrected chi connectivity index (χ2v) is 5.19. The first-order valence-corrected chi connectivity index (χ1v) is 7.02. The first-order valence-electron chi connectivity index (χ1n) is 7.02. The molecule has 0 heterocycles. The zero-order valence-electron chi connectivity index (χ0n) is 11.2. The maximum absolute atomic E-state index is 11.2. The highest BCUT2D eigenvalue weighted by atomic mass is 16.1. The number of hydrogen-bond donors (Lipinski definition) is 1. The average Bonchev–Trinajstić information content (AvgIpc) is 2.47. The van der Waals surface area contributed by atoms with Gasteiger partial charge in [0.05, 0.1) is 6.07 Å². The Kier molecular flexibility index (Phi) is 4.97. The van der Waals surface area contributed by atoms with E-state index >= 15 is 0 Å². The molecule has 3 nitrogen and oxygen atoms in total. The van der Waals surface area contributed by atoms with Crippen LogP contribution in [0.5, 0.6) is 0 Å². The summed E-state index contributed by atoms with van der Waals surface area (Å²) >= 11 is 0. The lowest BCUT2D eigenvalue weighted by Crippen LogP contribution is -2.21. The van der Waals surface area contributed by atoms with Crippen molar-refractivity contribution in [2.45, 2.75) is 51.0 Å². The molecule has 0 saturated heterocycles. The Bertz CT molecular complexity index is 453. The van der Waals surface area contributed by atoms with Gasteiger partial charge < -0.3 is 5.32 Å². The number of carbonyl (C=O) groups is 1. The van der Waals surface area contributed by atoms with Gasteiger partial charge in [-0.1, -0.05) is 43.5 Å². The number of nitrogens with zero attached hydrogens (tertiary/aromatic N) is 1. The van der Waals surface area contributed by atoms with Crippen molar-refractivity contribution in [3.8, 4) is 6.07 Å². The van der Waals surface area contributed by atoms with E-state index in [1.165, 1.54) is 37.7 Å². The van der Waals surface area contributed by atoms with E-state index in [1.807, 2.05) is 6.07 Å². The molecule has 2 rings (SSSR count). The normalized spacial score (nSPS) is 15.7. The Morgan fingerprint density at radius 1 is 1.21 bits per heavy atom. The van der Waals surface area contributed by atoms with E-state index in [1.54, 1.807) is 0 Å². The van der Waals surface area contributed by atoms with Crippen molar-refractivity contribution >= 4 is 5.91 Å². The van der Waals surface area contributed by atoms with Crippen LogP contribution in [-0.2, 0) is 11.3 Å². The van der Waals surface area contributed by atoms with Crippen molar-refractivity contribution < 1.29 is 4.79 Å². The molecule has 0 aromatic heterocycles. The molecular formula is C16H20N2O.